The molecule has 0 atom stereocenters. The van der Waals surface area contributed by atoms with Crippen LogP contribution in [0.2, 0.25) is 0 Å². The van der Waals surface area contributed by atoms with Crippen molar-refractivity contribution in [2.75, 3.05) is 18.1 Å². The fourth-order valence-electron chi connectivity index (χ4n) is 2.37. The molecule has 5 nitrogen and oxygen atoms in total. The number of pyridine rings is 1. The molecule has 7 heteroatoms. The molecule has 0 amide bonds. The summed E-state index contributed by atoms with van der Waals surface area (Å²) in [6.45, 7) is 0.845. The van der Waals surface area contributed by atoms with Crippen LogP contribution in [0.1, 0.15) is 25.7 Å². The van der Waals surface area contributed by atoms with Crippen molar-refractivity contribution in [3.8, 4) is 0 Å². The van der Waals surface area contributed by atoms with Crippen LogP contribution in [0.3, 0.4) is 0 Å². The van der Waals surface area contributed by atoms with Crippen molar-refractivity contribution in [1.29, 1.82) is 0 Å². The molecule has 0 bridgehead atoms. The first-order valence-electron chi connectivity index (χ1n) is 6.15. The van der Waals surface area contributed by atoms with Gasteiger partial charge in [0, 0.05) is 17.4 Å². The van der Waals surface area contributed by atoms with Gasteiger partial charge in [0.1, 0.15) is 12.0 Å². The molecule has 0 radical (unpaired) electrons. The van der Waals surface area contributed by atoms with Crippen molar-refractivity contribution in [3.63, 3.8) is 0 Å². The summed E-state index contributed by atoms with van der Waals surface area (Å²) in [5, 5.41) is 14.0. The van der Waals surface area contributed by atoms with E-state index in [0.29, 0.717) is 10.3 Å². The van der Waals surface area contributed by atoms with Crippen molar-refractivity contribution < 1.29 is 4.92 Å². The van der Waals surface area contributed by atoms with Crippen LogP contribution in [0.5, 0.6) is 0 Å². The summed E-state index contributed by atoms with van der Waals surface area (Å²) in [5.41, 5.74) is -0.00197. The van der Waals surface area contributed by atoms with Crippen molar-refractivity contribution in [1.82, 2.24) is 4.98 Å². The summed E-state index contributed by atoms with van der Waals surface area (Å²) in [5.74, 6) is 0.672. The topological polar surface area (TPSA) is 68.1 Å². The number of aromatic nitrogens is 1. The molecule has 0 spiro atoms. The Balaban J connectivity index is 2.05. The normalized spacial score (nSPS) is 17.4. The van der Waals surface area contributed by atoms with Gasteiger partial charge >= 0.3 is 0 Å². The largest absolute Gasteiger partial charge is 0.368 e. The molecule has 1 aliphatic carbocycles. The third kappa shape index (κ3) is 3.39. The molecular weight excluding hydrogens is 330 g/mol. The standard InChI is InChI=1S/C12H16BrN3O2S/c1-19-12(4-2-3-5-12)8-15-11-10(13)6-9(7-14-11)16(17)18/h6-7H,2-5,8H2,1H3,(H,14,15). The maximum atomic E-state index is 10.6. The molecular formula is C12H16BrN3O2S. The summed E-state index contributed by atoms with van der Waals surface area (Å²) >= 11 is 5.23. The van der Waals surface area contributed by atoms with E-state index in [1.54, 1.807) is 0 Å². The second kappa shape index (κ2) is 6.09. The van der Waals surface area contributed by atoms with Crippen molar-refractivity contribution in [2.45, 2.75) is 30.4 Å². The summed E-state index contributed by atoms with van der Waals surface area (Å²) in [6, 6.07) is 1.48. The first-order valence-corrected chi connectivity index (χ1v) is 8.17. The van der Waals surface area contributed by atoms with Crippen LogP contribution in [0.25, 0.3) is 0 Å². The number of nitro groups is 1. The number of hydrogen-bond donors (Lipinski definition) is 1. The molecule has 19 heavy (non-hydrogen) atoms. The summed E-state index contributed by atoms with van der Waals surface area (Å²) in [6.07, 6.45) is 8.41. The Morgan fingerprint density at radius 3 is 2.79 bits per heavy atom. The molecule has 1 saturated carbocycles. The fraction of sp³-hybridized carbons (Fsp3) is 0.583. The van der Waals surface area contributed by atoms with Crippen molar-refractivity contribution in [3.05, 3.63) is 26.9 Å². The zero-order valence-electron chi connectivity index (χ0n) is 10.7. The van der Waals surface area contributed by atoms with Gasteiger partial charge in [-0.25, -0.2) is 4.98 Å². The lowest BCUT2D eigenvalue weighted by atomic mass is 10.1. The highest BCUT2D eigenvalue weighted by Crippen LogP contribution is 2.40. The second-order valence-electron chi connectivity index (χ2n) is 4.73. The Morgan fingerprint density at radius 1 is 1.58 bits per heavy atom. The van der Waals surface area contributed by atoms with Crippen LogP contribution in [0, 0.1) is 10.1 Å². The number of halogens is 1. The molecule has 104 valence electrons. The number of thioether (sulfide) groups is 1. The number of nitrogens with zero attached hydrogens (tertiary/aromatic N) is 2. The summed E-state index contributed by atoms with van der Waals surface area (Å²) in [4.78, 5) is 14.3. The van der Waals surface area contributed by atoms with Gasteiger partial charge in [-0.1, -0.05) is 12.8 Å². The molecule has 0 saturated heterocycles. The SMILES string of the molecule is CSC1(CNc2ncc([N+](=O)[O-])cc2Br)CCCC1. The molecule has 0 unspecified atom stereocenters. The van der Waals surface area contributed by atoms with Gasteiger partial charge in [0.2, 0.25) is 0 Å². The third-order valence-corrected chi connectivity index (χ3v) is 5.59. The van der Waals surface area contributed by atoms with Gasteiger partial charge in [0.25, 0.3) is 5.69 Å². The highest BCUT2D eigenvalue weighted by molar-refractivity contribution is 9.10. The van der Waals surface area contributed by atoms with Crippen LogP contribution in [0.4, 0.5) is 11.5 Å². The van der Waals surface area contributed by atoms with E-state index in [-0.39, 0.29) is 10.4 Å². The molecule has 0 aromatic carbocycles. The van der Waals surface area contributed by atoms with Gasteiger partial charge in [-0.15, -0.1) is 0 Å². The van der Waals surface area contributed by atoms with Gasteiger partial charge < -0.3 is 5.32 Å². The van der Waals surface area contributed by atoms with E-state index >= 15 is 0 Å². The van der Waals surface area contributed by atoms with Gasteiger partial charge in [-0.3, -0.25) is 10.1 Å². The first-order chi connectivity index (χ1) is 9.06. The van der Waals surface area contributed by atoms with Crippen LogP contribution in [0.15, 0.2) is 16.7 Å². The van der Waals surface area contributed by atoms with Crippen LogP contribution >= 0.6 is 27.7 Å². The lowest BCUT2D eigenvalue weighted by Gasteiger charge is -2.27. The van der Waals surface area contributed by atoms with E-state index in [4.69, 9.17) is 0 Å². The van der Waals surface area contributed by atoms with E-state index in [2.05, 4.69) is 32.5 Å². The number of hydrogen-bond acceptors (Lipinski definition) is 5. The van der Waals surface area contributed by atoms with Crippen LogP contribution in [-0.2, 0) is 0 Å². The second-order valence-corrected chi connectivity index (χ2v) is 6.86. The van der Waals surface area contributed by atoms with Crippen molar-refractivity contribution in [2.24, 2.45) is 0 Å². The quantitative estimate of drug-likeness (QED) is 0.648. The molecule has 1 aliphatic rings. The summed E-state index contributed by atoms with van der Waals surface area (Å²) in [7, 11) is 0. The molecule has 1 fully saturated rings. The molecule has 1 N–H and O–H groups in total. The Labute approximate surface area is 124 Å². The van der Waals surface area contributed by atoms with Gasteiger partial charge in [0.15, 0.2) is 0 Å². The van der Waals surface area contributed by atoms with Gasteiger partial charge in [-0.2, -0.15) is 11.8 Å². The Bertz CT molecular complexity index is 478. The maximum Gasteiger partial charge on any atom is 0.288 e. The third-order valence-electron chi connectivity index (χ3n) is 3.56. The van der Waals surface area contributed by atoms with E-state index in [1.165, 1.54) is 37.9 Å². The van der Waals surface area contributed by atoms with E-state index < -0.39 is 4.92 Å². The van der Waals surface area contributed by atoms with Gasteiger partial charge in [0.05, 0.1) is 9.40 Å². The molecule has 2 rings (SSSR count). The first kappa shape index (κ1) is 14.6. The zero-order chi connectivity index (χ0) is 13.9. The van der Waals surface area contributed by atoms with E-state index in [0.717, 1.165) is 6.54 Å². The molecule has 1 aromatic rings. The minimum atomic E-state index is -0.443. The van der Waals surface area contributed by atoms with Crippen molar-refractivity contribution >= 4 is 39.2 Å². The molecule has 1 aromatic heterocycles. The average Bonchev–Trinajstić information content (AvgIpc) is 2.86. The minimum Gasteiger partial charge on any atom is -0.368 e. The molecule has 1 heterocycles. The number of rotatable bonds is 5. The Hall–Kier alpha value is -0.820. The van der Waals surface area contributed by atoms with Gasteiger partial charge in [-0.05, 0) is 35.0 Å². The van der Waals surface area contributed by atoms with Crippen LogP contribution < -0.4 is 5.32 Å². The molecule has 0 aliphatic heterocycles. The lowest BCUT2D eigenvalue weighted by molar-refractivity contribution is -0.385. The average molecular weight is 346 g/mol. The highest BCUT2D eigenvalue weighted by atomic mass is 79.9. The number of anilines is 1. The highest BCUT2D eigenvalue weighted by Gasteiger charge is 2.32. The number of nitrogens with one attached hydrogen (secondary N) is 1. The predicted molar refractivity (Wildman–Crippen MR) is 81.8 cm³/mol. The van der Waals surface area contributed by atoms with E-state index in [1.807, 2.05) is 11.8 Å². The van der Waals surface area contributed by atoms with E-state index in [9.17, 15) is 10.1 Å². The Morgan fingerprint density at radius 2 is 2.26 bits per heavy atom. The monoisotopic (exact) mass is 345 g/mol. The summed E-state index contributed by atoms with van der Waals surface area (Å²) < 4.78 is 0.916. The lowest BCUT2D eigenvalue weighted by Crippen LogP contribution is -2.30. The Kier molecular flexibility index (Phi) is 4.67. The van der Waals surface area contributed by atoms with Crippen LogP contribution in [-0.4, -0.2) is 27.5 Å². The predicted octanol–water partition coefficient (Wildman–Crippen LogP) is 3.84. The smallest absolute Gasteiger partial charge is 0.288 e. The fourth-order valence-corrected chi connectivity index (χ4v) is 3.77. The maximum absolute atomic E-state index is 10.6. The minimum absolute atomic E-state index is 0.00197. The zero-order valence-corrected chi connectivity index (χ0v) is 13.1.